The number of morpholine rings is 1. The quantitative estimate of drug-likeness (QED) is 0.860. The Morgan fingerprint density at radius 2 is 2.06 bits per heavy atom. The van der Waals surface area contributed by atoms with Gasteiger partial charge in [-0.1, -0.05) is 6.92 Å². The summed E-state index contributed by atoms with van der Waals surface area (Å²) < 4.78 is 5.83. The van der Waals surface area contributed by atoms with Gasteiger partial charge >= 0.3 is 0 Å². The lowest BCUT2D eigenvalue weighted by Crippen LogP contribution is -2.43. The van der Waals surface area contributed by atoms with Crippen molar-refractivity contribution in [3.05, 3.63) is 17.8 Å². The van der Waals surface area contributed by atoms with Gasteiger partial charge in [0.1, 0.15) is 0 Å². The van der Waals surface area contributed by atoms with Crippen LogP contribution in [-0.2, 0) is 11.3 Å². The van der Waals surface area contributed by atoms with E-state index in [1.165, 1.54) is 12.8 Å². The predicted octanol–water partition coefficient (Wildman–Crippen LogP) is 0.954. The van der Waals surface area contributed by atoms with E-state index in [2.05, 4.69) is 39.5 Å². The molecule has 0 radical (unpaired) electrons. The van der Waals surface area contributed by atoms with E-state index in [0.29, 0.717) is 12.2 Å². The summed E-state index contributed by atoms with van der Waals surface area (Å²) in [6.45, 7) is 5.75. The smallest absolute Gasteiger partial charge is 0.151 e. The first-order chi connectivity index (χ1) is 8.85. The van der Waals surface area contributed by atoms with E-state index >= 15 is 0 Å². The van der Waals surface area contributed by atoms with Crippen molar-refractivity contribution in [3.63, 3.8) is 0 Å². The summed E-state index contributed by atoms with van der Waals surface area (Å²) in [4.78, 5) is 2.30. The number of rotatable bonds is 4. The average molecular weight is 248 g/mol. The van der Waals surface area contributed by atoms with Gasteiger partial charge in [0.05, 0.1) is 17.9 Å². The van der Waals surface area contributed by atoms with Crippen LogP contribution in [-0.4, -0.2) is 42.0 Å². The summed E-state index contributed by atoms with van der Waals surface area (Å²) >= 11 is 0. The van der Waals surface area contributed by atoms with E-state index in [9.17, 15) is 0 Å². The first-order valence-corrected chi connectivity index (χ1v) is 6.79. The van der Waals surface area contributed by atoms with Crippen molar-refractivity contribution in [2.24, 2.45) is 0 Å². The largest absolute Gasteiger partial charge is 0.371 e. The van der Waals surface area contributed by atoms with E-state index < -0.39 is 0 Å². The molecule has 0 saturated carbocycles. The second-order valence-corrected chi connectivity index (χ2v) is 5.03. The van der Waals surface area contributed by atoms with Crippen LogP contribution < -0.4 is 10.2 Å². The van der Waals surface area contributed by atoms with Gasteiger partial charge in [0.25, 0.3) is 0 Å². The molecule has 98 valence electrons. The molecule has 1 aromatic heterocycles. The van der Waals surface area contributed by atoms with Gasteiger partial charge in [0.15, 0.2) is 5.82 Å². The van der Waals surface area contributed by atoms with E-state index in [0.717, 1.165) is 37.7 Å². The third-order valence-corrected chi connectivity index (χ3v) is 3.63. The second kappa shape index (κ2) is 5.20. The summed E-state index contributed by atoms with van der Waals surface area (Å²) in [5.74, 6) is 0.982. The van der Waals surface area contributed by atoms with Crippen LogP contribution in [0.4, 0.5) is 5.82 Å². The molecule has 3 rings (SSSR count). The van der Waals surface area contributed by atoms with E-state index in [1.807, 2.05) is 0 Å². The molecule has 2 atom stereocenters. The molecule has 2 fully saturated rings. The molecule has 5 nitrogen and oxygen atoms in total. The highest BCUT2D eigenvalue weighted by Gasteiger charge is 2.34. The van der Waals surface area contributed by atoms with Crippen molar-refractivity contribution in [3.8, 4) is 0 Å². The van der Waals surface area contributed by atoms with Crippen LogP contribution >= 0.6 is 0 Å². The molecule has 3 heterocycles. The van der Waals surface area contributed by atoms with Crippen molar-refractivity contribution in [2.45, 2.75) is 38.5 Å². The van der Waals surface area contributed by atoms with Gasteiger partial charge in [0.2, 0.25) is 0 Å². The van der Waals surface area contributed by atoms with Crippen molar-refractivity contribution >= 4 is 5.82 Å². The highest BCUT2D eigenvalue weighted by molar-refractivity contribution is 5.38. The number of ether oxygens (including phenoxy) is 1. The fraction of sp³-hybridized carbons (Fsp3) is 0.692. The number of nitrogens with one attached hydrogen (secondary N) is 1. The molecule has 1 aromatic rings. The van der Waals surface area contributed by atoms with Gasteiger partial charge in [-0.2, -0.15) is 5.10 Å². The average Bonchev–Trinajstić information content (AvgIpc) is 2.76. The summed E-state index contributed by atoms with van der Waals surface area (Å²) in [6, 6.07) is 4.13. The lowest BCUT2D eigenvalue weighted by Gasteiger charge is -2.32. The van der Waals surface area contributed by atoms with Gasteiger partial charge < -0.3 is 15.0 Å². The molecule has 18 heavy (non-hydrogen) atoms. The highest BCUT2D eigenvalue weighted by atomic mass is 16.5. The first-order valence-electron chi connectivity index (χ1n) is 6.79. The monoisotopic (exact) mass is 248 g/mol. The SMILES string of the molecule is CCNCc1ccc(N2CC3CCC(C2)O3)nn1. The lowest BCUT2D eigenvalue weighted by molar-refractivity contribution is 0.0301. The molecule has 2 aliphatic heterocycles. The minimum atomic E-state index is 0.395. The number of hydrogen-bond donors (Lipinski definition) is 1. The summed E-state index contributed by atoms with van der Waals surface area (Å²) in [5.41, 5.74) is 0.997. The molecule has 1 N–H and O–H groups in total. The molecule has 5 heteroatoms. The fourth-order valence-electron chi connectivity index (χ4n) is 2.67. The Morgan fingerprint density at radius 1 is 1.28 bits per heavy atom. The van der Waals surface area contributed by atoms with Crippen LogP contribution in [0.25, 0.3) is 0 Å². The van der Waals surface area contributed by atoms with Crippen LogP contribution in [0.3, 0.4) is 0 Å². The predicted molar refractivity (Wildman–Crippen MR) is 69.5 cm³/mol. The van der Waals surface area contributed by atoms with Crippen LogP contribution in [0.1, 0.15) is 25.5 Å². The minimum Gasteiger partial charge on any atom is -0.371 e. The van der Waals surface area contributed by atoms with Crippen LogP contribution in [0.2, 0.25) is 0 Å². The Morgan fingerprint density at radius 3 is 2.67 bits per heavy atom. The molecular formula is C13H20N4O. The number of hydrogen-bond acceptors (Lipinski definition) is 5. The summed E-state index contributed by atoms with van der Waals surface area (Å²) in [6.07, 6.45) is 3.17. The van der Waals surface area contributed by atoms with E-state index in [-0.39, 0.29) is 0 Å². The highest BCUT2D eigenvalue weighted by Crippen LogP contribution is 2.28. The molecule has 0 spiro atoms. The molecule has 0 aromatic carbocycles. The van der Waals surface area contributed by atoms with Crippen LogP contribution in [0.5, 0.6) is 0 Å². The van der Waals surface area contributed by atoms with Crippen molar-refractivity contribution in [1.29, 1.82) is 0 Å². The minimum absolute atomic E-state index is 0.395. The first kappa shape index (κ1) is 11.9. The topological polar surface area (TPSA) is 50.3 Å². The standard InChI is InChI=1S/C13H20N4O/c1-2-14-7-10-3-6-13(16-15-10)17-8-11-4-5-12(9-17)18-11/h3,6,11-12,14H,2,4-5,7-9H2,1H3. The lowest BCUT2D eigenvalue weighted by atomic mass is 10.2. The van der Waals surface area contributed by atoms with Crippen molar-refractivity contribution in [1.82, 2.24) is 15.5 Å². The fourth-order valence-corrected chi connectivity index (χ4v) is 2.67. The summed E-state index contributed by atoms with van der Waals surface area (Å²) in [7, 11) is 0. The Hall–Kier alpha value is -1.20. The van der Waals surface area contributed by atoms with Crippen molar-refractivity contribution in [2.75, 3.05) is 24.5 Å². The zero-order valence-corrected chi connectivity index (χ0v) is 10.8. The summed E-state index contributed by atoms with van der Waals surface area (Å²) in [5, 5.41) is 11.9. The maximum Gasteiger partial charge on any atom is 0.151 e. The zero-order valence-electron chi connectivity index (χ0n) is 10.8. The van der Waals surface area contributed by atoms with E-state index in [1.54, 1.807) is 0 Å². The van der Waals surface area contributed by atoms with E-state index in [4.69, 9.17) is 4.74 Å². The Bertz CT molecular complexity index is 382. The maximum absolute atomic E-state index is 5.83. The van der Waals surface area contributed by atoms with Crippen molar-refractivity contribution < 1.29 is 4.74 Å². The Balaban J connectivity index is 1.65. The van der Waals surface area contributed by atoms with Gasteiger partial charge in [-0.25, -0.2) is 0 Å². The third-order valence-electron chi connectivity index (χ3n) is 3.63. The van der Waals surface area contributed by atoms with Gasteiger partial charge in [0, 0.05) is 19.6 Å². The van der Waals surface area contributed by atoms with Gasteiger partial charge in [-0.3, -0.25) is 0 Å². The van der Waals surface area contributed by atoms with Crippen LogP contribution in [0.15, 0.2) is 12.1 Å². The number of aromatic nitrogens is 2. The molecule has 0 aliphatic carbocycles. The molecule has 2 saturated heterocycles. The number of nitrogens with zero attached hydrogens (tertiary/aromatic N) is 3. The molecule has 0 amide bonds. The second-order valence-electron chi connectivity index (χ2n) is 5.03. The van der Waals surface area contributed by atoms with Gasteiger partial charge in [-0.15, -0.1) is 5.10 Å². The number of fused-ring (bicyclic) bond motifs is 2. The third kappa shape index (κ3) is 2.47. The maximum atomic E-state index is 5.83. The van der Waals surface area contributed by atoms with Gasteiger partial charge in [-0.05, 0) is 31.5 Å². The molecule has 2 bridgehead atoms. The Labute approximate surface area is 108 Å². The zero-order chi connectivity index (χ0) is 12.4. The molecule has 2 aliphatic rings. The number of anilines is 1. The normalized spacial score (nSPS) is 26.6. The molecular weight excluding hydrogens is 228 g/mol. The Kier molecular flexibility index (Phi) is 3.43. The molecule has 2 unspecified atom stereocenters. The van der Waals surface area contributed by atoms with Crippen LogP contribution in [0, 0.1) is 0 Å².